The van der Waals surface area contributed by atoms with Crippen molar-refractivity contribution in [1.29, 1.82) is 0 Å². The van der Waals surface area contributed by atoms with Gasteiger partial charge in [0.1, 0.15) is 48.8 Å². The highest BCUT2D eigenvalue weighted by atomic mass is 16.7. The van der Waals surface area contributed by atoms with E-state index < -0.39 is 119 Å². The molecule has 1 aliphatic rings. The number of aliphatic hydroxyl groups excluding tert-OH is 9. The summed E-state index contributed by atoms with van der Waals surface area (Å²) in [5.41, 5.74) is 0. The summed E-state index contributed by atoms with van der Waals surface area (Å²) in [4.78, 5) is 23.8. The van der Waals surface area contributed by atoms with E-state index >= 15 is 0 Å². The molecule has 0 aromatic heterocycles. The maximum absolute atomic E-state index is 12.0. The molecule has 1 saturated heterocycles. The van der Waals surface area contributed by atoms with Crippen LogP contribution in [0.25, 0.3) is 0 Å². The van der Waals surface area contributed by atoms with E-state index in [0.29, 0.717) is 6.42 Å². The molecule has 0 bridgehead atoms. The monoisotopic (exact) mass is 704 g/mol. The number of hydrogen-bond acceptors (Lipinski definition) is 17. The number of amides is 2. The normalized spacial score (nSPS) is 26.6. The summed E-state index contributed by atoms with van der Waals surface area (Å²) >= 11 is 0. The SMILES string of the molecule is CC(=O)NC1C(OCCCNC(=O)C(C)C)OC(CO)C(OC(OC(CO)[C@@H](C)O)[C@@H](O)COC(OC(CO)[C@@H](C)O)[C@@H](O)CO)C1O. The van der Waals surface area contributed by atoms with Gasteiger partial charge in [0.05, 0.1) is 51.8 Å². The molecule has 0 spiro atoms. The van der Waals surface area contributed by atoms with Gasteiger partial charge in [0.25, 0.3) is 0 Å². The van der Waals surface area contributed by atoms with Gasteiger partial charge in [0, 0.05) is 19.4 Å². The Kier molecular flexibility index (Phi) is 21.2. The largest absolute Gasteiger partial charge is 0.394 e. The molecule has 1 heterocycles. The Labute approximate surface area is 279 Å². The van der Waals surface area contributed by atoms with Gasteiger partial charge < -0.3 is 85.0 Å². The lowest BCUT2D eigenvalue weighted by atomic mass is 9.96. The molecular weight excluding hydrogens is 648 g/mol. The molecule has 9 unspecified atom stereocenters. The average molecular weight is 705 g/mol. The third-order valence-electron chi connectivity index (χ3n) is 7.24. The van der Waals surface area contributed by atoms with Crippen LogP contribution in [0.2, 0.25) is 0 Å². The lowest BCUT2D eigenvalue weighted by molar-refractivity contribution is -0.329. The van der Waals surface area contributed by atoms with Gasteiger partial charge in [0.2, 0.25) is 11.8 Å². The number of ether oxygens (including phenoxy) is 6. The Balaban J connectivity index is 3.20. The first-order valence-corrected chi connectivity index (χ1v) is 15.8. The summed E-state index contributed by atoms with van der Waals surface area (Å²) in [5.74, 6) is -0.944. The van der Waals surface area contributed by atoms with Crippen molar-refractivity contribution in [2.24, 2.45) is 5.92 Å². The molecular formula is C29H56N2O17. The second kappa shape index (κ2) is 22.9. The lowest BCUT2D eigenvalue weighted by Gasteiger charge is -2.45. The van der Waals surface area contributed by atoms with E-state index in [4.69, 9.17) is 28.4 Å². The van der Waals surface area contributed by atoms with Crippen molar-refractivity contribution >= 4 is 11.8 Å². The number of hydrogen-bond donors (Lipinski definition) is 11. The predicted molar refractivity (Wildman–Crippen MR) is 163 cm³/mol. The summed E-state index contributed by atoms with van der Waals surface area (Å²) in [6.45, 7) is 3.72. The predicted octanol–water partition coefficient (Wildman–Crippen LogP) is -4.97. The van der Waals surface area contributed by atoms with E-state index in [1.807, 2.05) is 0 Å². The Hall–Kier alpha value is -1.66. The quantitative estimate of drug-likeness (QED) is 0.0331. The highest BCUT2D eigenvalue weighted by molar-refractivity contribution is 5.77. The smallest absolute Gasteiger partial charge is 0.222 e. The third-order valence-corrected chi connectivity index (χ3v) is 7.24. The van der Waals surface area contributed by atoms with Gasteiger partial charge in [-0.2, -0.15) is 0 Å². The van der Waals surface area contributed by atoms with Crippen molar-refractivity contribution in [3.8, 4) is 0 Å². The standard InChI is InChI=1S/C29H56N2O17/c1-14(2)26(42)30-7-6-8-43-29-23(31-17(5)38)24(41)25(22(12-35)47-29)48-28(46-21(11-34)16(4)37)19(40)13-44-27(18(39)9-32)45-20(10-33)15(3)36/h14-16,18-25,27-29,32-37,39-41H,6-13H2,1-5H3,(H,30,42)(H,31,38)/t15-,16-,18+,19+,20?,21?,22?,23?,24?,25?,27?,28?,29?/m1/s1. The number of nitrogens with one attached hydrogen (secondary N) is 2. The number of carbonyl (C=O) groups is 2. The molecule has 0 radical (unpaired) electrons. The molecule has 1 fully saturated rings. The van der Waals surface area contributed by atoms with Gasteiger partial charge in [-0.05, 0) is 20.3 Å². The van der Waals surface area contributed by atoms with E-state index in [1.165, 1.54) is 20.8 Å². The van der Waals surface area contributed by atoms with Gasteiger partial charge in [0.15, 0.2) is 18.9 Å². The van der Waals surface area contributed by atoms with Crippen LogP contribution in [0.3, 0.4) is 0 Å². The second-order valence-electron chi connectivity index (χ2n) is 11.8. The first-order chi connectivity index (χ1) is 22.6. The summed E-state index contributed by atoms with van der Waals surface area (Å²) in [7, 11) is 0. The highest BCUT2D eigenvalue weighted by Gasteiger charge is 2.48. The molecule has 19 heteroatoms. The van der Waals surface area contributed by atoms with Crippen LogP contribution in [0.15, 0.2) is 0 Å². The van der Waals surface area contributed by atoms with Crippen molar-refractivity contribution in [2.45, 2.75) is 121 Å². The molecule has 19 nitrogen and oxygen atoms in total. The molecule has 48 heavy (non-hydrogen) atoms. The van der Waals surface area contributed by atoms with Crippen LogP contribution in [0.5, 0.6) is 0 Å². The molecule has 0 aliphatic carbocycles. The third kappa shape index (κ3) is 14.7. The molecule has 0 aromatic carbocycles. The second-order valence-corrected chi connectivity index (χ2v) is 11.8. The Morgan fingerprint density at radius 2 is 1.44 bits per heavy atom. The van der Waals surface area contributed by atoms with Crippen molar-refractivity contribution in [1.82, 2.24) is 10.6 Å². The van der Waals surface area contributed by atoms with Gasteiger partial charge in [-0.15, -0.1) is 0 Å². The first-order valence-electron chi connectivity index (χ1n) is 15.8. The fraction of sp³-hybridized carbons (Fsp3) is 0.931. The fourth-order valence-corrected chi connectivity index (χ4v) is 4.38. The van der Waals surface area contributed by atoms with Crippen molar-refractivity contribution in [3.05, 3.63) is 0 Å². The summed E-state index contributed by atoms with van der Waals surface area (Å²) < 4.78 is 33.8. The van der Waals surface area contributed by atoms with Gasteiger partial charge in [-0.3, -0.25) is 9.59 Å². The lowest BCUT2D eigenvalue weighted by Crippen LogP contribution is -2.66. The van der Waals surface area contributed by atoms with Gasteiger partial charge in [-0.25, -0.2) is 0 Å². The number of carbonyl (C=O) groups excluding carboxylic acids is 2. The summed E-state index contributed by atoms with van der Waals surface area (Å²) in [6.07, 6.45) is -17.6. The van der Waals surface area contributed by atoms with Crippen LogP contribution >= 0.6 is 0 Å². The van der Waals surface area contributed by atoms with Crippen LogP contribution in [-0.4, -0.2) is 184 Å². The van der Waals surface area contributed by atoms with E-state index in [0.717, 1.165) is 0 Å². The van der Waals surface area contributed by atoms with Crippen molar-refractivity contribution in [3.63, 3.8) is 0 Å². The van der Waals surface area contributed by atoms with Crippen molar-refractivity contribution in [2.75, 3.05) is 46.2 Å². The zero-order valence-electron chi connectivity index (χ0n) is 28.0. The Morgan fingerprint density at radius 1 is 0.854 bits per heavy atom. The molecule has 0 saturated carbocycles. The maximum Gasteiger partial charge on any atom is 0.222 e. The molecule has 2 amide bonds. The van der Waals surface area contributed by atoms with Crippen molar-refractivity contribution < 1.29 is 84.0 Å². The van der Waals surface area contributed by atoms with Gasteiger partial charge >= 0.3 is 0 Å². The Morgan fingerprint density at radius 3 is 1.92 bits per heavy atom. The molecule has 11 N–H and O–H groups in total. The molecule has 1 aliphatic heterocycles. The van der Waals surface area contributed by atoms with E-state index in [-0.39, 0.29) is 25.0 Å². The molecule has 0 aromatic rings. The van der Waals surface area contributed by atoms with Crippen LogP contribution in [0.4, 0.5) is 0 Å². The molecule has 13 atom stereocenters. The fourth-order valence-electron chi connectivity index (χ4n) is 4.38. The average Bonchev–Trinajstić information content (AvgIpc) is 3.03. The van der Waals surface area contributed by atoms with E-state index in [1.54, 1.807) is 13.8 Å². The van der Waals surface area contributed by atoms with Gasteiger partial charge in [-0.1, -0.05) is 13.8 Å². The zero-order valence-corrected chi connectivity index (χ0v) is 28.0. The Bertz CT molecular complexity index is 900. The van der Waals surface area contributed by atoms with Crippen LogP contribution in [0, 0.1) is 5.92 Å². The summed E-state index contributed by atoms with van der Waals surface area (Å²) in [6, 6.07) is -1.27. The summed E-state index contributed by atoms with van der Waals surface area (Å²) in [5, 5.41) is 96.5. The number of aliphatic hydroxyl groups is 9. The zero-order chi connectivity index (χ0) is 36.6. The molecule has 284 valence electrons. The molecule has 1 rings (SSSR count). The minimum Gasteiger partial charge on any atom is -0.394 e. The van der Waals surface area contributed by atoms with E-state index in [2.05, 4.69) is 10.6 Å². The number of rotatable bonds is 24. The maximum atomic E-state index is 12.0. The van der Waals surface area contributed by atoms with Crippen LogP contribution < -0.4 is 10.6 Å². The first kappa shape index (κ1) is 44.4. The van der Waals surface area contributed by atoms with E-state index in [9.17, 15) is 55.5 Å². The van der Waals surface area contributed by atoms with Crippen LogP contribution in [0.1, 0.15) is 41.0 Å². The van der Waals surface area contributed by atoms with Crippen LogP contribution in [-0.2, 0) is 38.0 Å². The highest BCUT2D eigenvalue weighted by Crippen LogP contribution is 2.27. The topological polar surface area (TPSA) is 296 Å². The minimum absolute atomic E-state index is 0.0268. The minimum atomic E-state index is -1.84.